The number of rotatable bonds is 4. The maximum absolute atomic E-state index is 11.1. The van der Waals surface area contributed by atoms with E-state index in [0.29, 0.717) is 0 Å². The molecule has 22 heavy (non-hydrogen) atoms. The average Bonchev–Trinajstić information content (AvgIpc) is 2.58. The summed E-state index contributed by atoms with van der Waals surface area (Å²) in [5.41, 5.74) is 1.77. The molecule has 0 radical (unpaired) electrons. The van der Waals surface area contributed by atoms with Gasteiger partial charge in [0, 0.05) is 25.6 Å². The van der Waals surface area contributed by atoms with Crippen molar-refractivity contribution in [2.24, 2.45) is 5.92 Å². The van der Waals surface area contributed by atoms with Crippen LogP contribution in [0.25, 0.3) is 0 Å². The standard InChI is InChI=1S/C20H25NO/c1-17-16-21(14-12-18-8-4-2-5-9-18)15-13-20(17,22)19-10-6-3-7-11-19/h2-11,17,22H,12-16H2,1H3. The second-order valence-corrected chi connectivity index (χ2v) is 6.48. The van der Waals surface area contributed by atoms with Crippen molar-refractivity contribution in [2.75, 3.05) is 19.6 Å². The lowest BCUT2D eigenvalue weighted by molar-refractivity contribution is -0.0707. The fourth-order valence-electron chi connectivity index (χ4n) is 3.50. The van der Waals surface area contributed by atoms with Crippen molar-refractivity contribution in [3.63, 3.8) is 0 Å². The molecule has 2 heteroatoms. The molecule has 2 atom stereocenters. The van der Waals surface area contributed by atoms with Crippen LogP contribution < -0.4 is 0 Å². The summed E-state index contributed by atoms with van der Waals surface area (Å²) in [6.07, 6.45) is 1.89. The van der Waals surface area contributed by atoms with Gasteiger partial charge in [0.05, 0.1) is 5.60 Å². The molecule has 1 N–H and O–H groups in total. The van der Waals surface area contributed by atoms with Gasteiger partial charge in [-0.1, -0.05) is 67.6 Å². The minimum absolute atomic E-state index is 0.249. The summed E-state index contributed by atoms with van der Waals surface area (Å²) in [5, 5.41) is 11.1. The van der Waals surface area contributed by atoms with Gasteiger partial charge in [-0.2, -0.15) is 0 Å². The largest absolute Gasteiger partial charge is 0.385 e. The third kappa shape index (κ3) is 3.23. The molecule has 1 saturated heterocycles. The molecule has 2 aromatic rings. The summed E-state index contributed by atoms with van der Waals surface area (Å²) in [7, 11) is 0. The first-order valence-electron chi connectivity index (χ1n) is 8.23. The van der Waals surface area contributed by atoms with E-state index >= 15 is 0 Å². The highest BCUT2D eigenvalue weighted by Crippen LogP contribution is 2.37. The van der Waals surface area contributed by atoms with Gasteiger partial charge in [0.2, 0.25) is 0 Å². The minimum Gasteiger partial charge on any atom is -0.385 e. The van der Waals surface area contributed by atoms with Crippen LogP contribution in [0.4, 0.5) is 0 Å². The van der Waals surface area contributed by atoms with Crippen LogP contribution >= 0.6 is 0 Å². The lowest BCUT2D eigenvalue weighted by atomic mass is 9.77. The molecule has 1 aliphatic rings. The number of hydrogen-bond acceptors (Lipinski definition) is 2. The molecule has 0 bridgehead atoms. The molecule has 0 saturated carbocycles. The maximum atomic E-state index is 11.1. The molecule has 3 rings (SSSR count). The van der Waals surface area contributed by atoms with Crippen molar-refractivity contribution in [3.8, 4) is 0 Å². The third-order valence-corrected chi connectivity index (χ3v) is 4.99. The zero-order valence-corrected chi connectivity index (χ0v) is 13.3. The molecule has 0 amide bonds. The number of piperidine rings is 1. The van der Waals surface area contributed by atoms with Crippen molar-refractivity contribution in [1.29, 1.82) is 0 Å². The first-order chi connectivity index (χ1) is 10.7. The van der Waals surface area contributed by atoms with E-state index in [-0.39, 0.29) is 5.92 Å². The van der Waals surface area contributed by atoms with Crippen molar-refractivity contribution in [1.82, 2.24) is 4.90 Å². The molecule has 0 aromatic heterocycles. The van der Waals surface area contributed by atoms with E-state index < -0.39 is 5.60 Å². The Morgan fingerprint density at radius 3 is 2.32 bits per heavy atom. The van der Waals surface area contributed by atoms with E-state index in [1.165, 1.54) is 5.56 Å². The van der Waals surface area contributed by atoms with Crippen LogP contribution in [0.1, 0.15) is 24.5 Å². The smallest absolute Gasteiger partial charge is 0.0946 e. The number of nitrogens with zero attached hydrogens (tertiary/aromatic N) is 1. The van der Waals surface area contributed by atoms with E-state index in [4.69, 9.17) is 0 Å². The van der Waals surface area contributed by atoms with Crippen LogP contribution in [0.15, 0.2) is 60.7 Å². The highest BCUT2D eigenvalue weighted by molar-refractivity contribution is 5.24. The monoisotopic (exact) mass is 295 g/mol. The summed E-state index contributed by atoms with van der Waals surface area (Å²) in [6, 6.07) is 20.8. The highest BCUT2D eigenvalue weighted by atomic mass is 16.3. The van der Waals surface area contributed by atoms with E-state index in [1.54, 1.807) is 0 Å². The normalized spacial score (nSPS) is 26.0. The van der Waals surface area contributed by atoms with Crippen molar-refractivity contribution in [3.05, 3.63) is 71.8 Å². The van der Waals surface area contributed by atoms with Crippen LogP contribution in [-0.2, 0) is 12.0 Å². The molecular weight excluding hydrogens is 270 g/mol. The Kier molecular flexibility index (Phi) is 4.60. The Bertz CT molecular complexity index is 583. The molecule has 1 aliphatic heterocycles. The first-order valence-corrected chi connectivity index (χ1v) is 8.23. The zero-order chi connectivity index (χ0) is 15.4. The number of likely N-dealkylation sites (tertiary alicyclic amines) is 1. The summed E-state index contributed by atoms with van der Waals surface area (Å²) in [4.78, 5) is 2.48. The Labute approximate surface area is 133 Å². The molecule has 116 valence electrons. The maximum Gasteiger partial charge on any atom is 0.0946 e. The lowest BCUT2D eigenvalue weighted by Gasteiger charge is -2.43. The van der Waals surface area contributed by atoms with Gasteiger partial charge in [0.1, 0.15) is 0 Å². The number of hydrogen-bond donors (Lipinski definition) is 1. The Balaban J connectivity index is 1.60. The molecule has 2 aromatic carbocycles. The Morgan fingerprint density at radius 1 is 1.05 bits per heavy atom. The van der Waals surface area contributed by atoms with Gasteiger partial charge in [-0.25, -0.2) is 0 Å². The van der Waals surface area contributed by atoms with Crippen LogP contribution in [0.2, 0.25) is 0 Å². The highest BCUT2D eigenvalue weighted by Gasteiger charge is 2.39. The van der Waals surface area contributed by atoms with Gasteiger partial charge in [-0.05, 0) is 24.0 Å². The van der Waals surface area contributed by atoms with Gasteiger partial charge < -0.3 is 10.0 Å². The first kappa shape index (κ1) is 15.3. The summed E-state index contributed by atoms with van der Waals surface area (Å²) < 4.78 is 0. The van der Waals surface area contributed by atoms with Gasteiger partial charge in [-0.15, -0.1) is 0 Å². The second kappa shape index (κ2) is 6.64. The van der Waals surface area contributed by atoms with Crippen molar-refractivity contribution >= 4 is 0 Å². The van der Waals surface area contributed by atoms with Crippen LogP contribution in [0, 0.1) is 5.92 Å². The molecule has 1 fully saturated rings. The zero-order valence-electron chi connectivity index (χ0n) is 13.3. The van der Waals surface area contributed by atoms with Crippen molar-refractivity contribution < 1.29 is 5.11 Å². The van der Waals surface area contributed by atoms with Crippen molar-refractivity contribution in [2.45, 2.75) is 25.4 Å². The predicted octanol–water partition coefficient (Wildman–Crippen LogP) is 3.46. The van der Waals surface area contributed by atoms with Gasteiger partial charge in [0.25, 0.3) is 0 Å². The van der Waals surface area contributed by atoms with Crippen LogP contribution in [0.5, 0.6) is 0 Å². The molecule has 2 nitrogen and oxygen atoms in total. The fraction of sp³-hybridized carbons (Fsp3) is 0.400. The average molecular weight is 295 g/mol. The van der Waals surface area contributed by atoms with Gasteiger partial charge >= 0.3 is 0 Å². The number of benzene rings is 2. The van der Waals surface area contributed by atoms with E-state index in [9.17, 15) is 5.11 Å². The lowest BCUT2D eigenvalue weighted by Crippen LogP contribution is -2.49. The Morgan fingerprint density at radius 2 is 1.68 bits per heavy atom. The summed E-state index contributed by atoms with van der Waals surface area (Å²) in [6.45, 7) is 5.15. The third-order valence-electron chi connectivity index (χ3n) is 4.99. The Hall–Kier alpha value is -1.64. The second-order valence-electron chi connectivity index (χ2n) is 6.48. The predicted molar refractivity (Wildman–Crippen MR) is 90.7 cm³/mol. The fourth-order valence-corrected chi connectivity index (χ4v) is 3.50. The van der Waals surface area contributed by atoms with Gasteiger partial charge in [0.15, 0.2) is 0 Å². The molecule has 2 unspecified atom stereocenters. The van der Waals surface area contributed by atoms with E-state index in [0.717, 1.165) is 38.0 Å². The van der Waals surface area contributed by atoms with Crippen LogP contribution in [0.3, 0.4) is 0 Å². The van der Waals surface area contributed by atoms with Crippen LogP contribution in [-0.4, -0.2) is 29.6 Å². The van der Waals surface area contributed by atoms with E-state index in [1.807, 2.05) is 18.2 Å². The summed E-state index contributed by atoms with van der Waals surface area (Å²) >= 11 is 0. The minimum atomic E-state index is -0.676. The molecule has 1 heterocycles. The van der Waals surface area contributed by atoms with Gasteiger partial charge in [-0.3, -0.25) is 0 Å². The molecule has 0 aliphatic carbocycles. The summed E-state index contributed by atoms with van der Waals surface area (Å²) in [5.74, 6) is 0.249. The SMILES string of the molecule is CC1CN(CCc2ccccc2)CCC1(O)c1ccccc1. The molecule has 0 spiro atoms. The molecular formula is C20H25NO. The topological polar surface area (TPSA) is 23.5 Å². The number of aliphatic hydroxyl groups is 1. The quantitative estimate of drug-likeness (QED) is 0.934. The van der Waals surface area contributed by atoms with E-state index in [2.05, 4.69) is 54.3 Å².